The first-order chi connectivity index (χ1) is 8.13. The molecule has 2 N–H and O–H groups in total. The number of likely N-dealkylation sites (N-methyl/N-ethyl adjacent to an activating group) is 1. The Balaban J connectivity index is 2.33. The lowest BCUT2D eigenvalue weighted by molar-refractivity contribution is -0.131. The SMILES string of the molecule is CC1CN(CC(=O)N(C)CCCN)CCCO1. The quantitative estimate of drug-likeness (QED) is 0.733. The van der Waals surface area contributed by atoms with E-state index in [1.54, 1.807) is 4.90 Å². The number of nitrogens with two attached hydrogens (primary N) is 1. The first-order valence-corrected chi connectivity index (χ1v) is 6.41. The Morgan fingerprint density at radius 2 is 2.35 bits per heavy atom. The van der Waals surface area contributed by atoms with E-state index in [2.05, 4.69) is 11.8 Å². The predicted molar refractivity (Wildman–Crippen MR) is 67.8 cm³/mol. The minimum Gasteiger partial charge on any atom is -0.377 e. The lowest BCUT2D eigenvalue weighted by atomic mass is 10.3. The molecule has 5 nitrogen and oxygen atoms in total. The van der Waals surface area contributed by atoms with Crippen molar-refractivity contribution in [3.8, 4) is 0 Å². The molecule has 0 aromatic carbocycles. The summed E-state index contributed by atoms with van der Waals surface area (Å²) in [5, 5.41) is 0. The summed E-state index contributed by atoms with van der Waals surface area (Å²) in [5.74, 6) is 0.174. The molecule has 0 spiro atoms. The zero-order valence-electron chi connectivity index (χ0n) is 11.0. The van der Waals surface area contributed by atoms with Gasteiger partial charge >= 0.3 is 0 Å². The summed E-state index contributed by atoms with van der Waals surface area (Å²) in [7, 11) is 1.84. The van der Waals surface area contributed by atoms with Crippen molar-refractivity contribution < 1.29 is 9.53 Å². The van der Waals surface area contributed by atoms with Gasteiger partial charge in [0.15, 0.2) is 0 Å². The van der Waals surface area contributed by atoms with Crippen LogP contribution >= 0.6 is 0 Å². The standard InChI is InChI=1S/C12H25N3O2/c1-11-9-15(7-4-8-17-11)10-12(16)14(2)6-3-5-13/h11H,3-10,13H2,1-2H3. The fourth-order valence-corrected chi connectivity index (χ4v) is 1.99. The molecule has 1 atom stereocenters. The normalized spacial score (nSPS) is 22.2. The maximum atomic E-state index is 11.9. The molecule has 1 aliphatic heterocycles. The number of amides is 1. The van der Waals surface area contributed by atoms with E-state index in [0.29, 0.717) is 13.1 Å². The van der Waals surface area contributed by atoms with Crippen LogP contribution in [0.2, 0.25) is 0 Å². The Morgan fingerprint density at radius 1 is 1.59 bits per heavy atom. The Labute approximate surface area is 104 Å². The number of nitrogens with zero attached hydrogens (tertiary/aromatic N) is 2. The number of ether oxygens (including phenoxy) is 1. The van der Waals surface area contributed by atoms with E-state index in [-0.39, 0.29) is 12.0 Å². The summed E-state index contributed by atoms with van der Waals surface area (Å²) < 4.78 is 5.56. The van der Waals surface area contributed by atoms with Gasteiger partial charge in [0.1, 0.15) is 0 Å². The van der Waals surface area contributed by atoms with Crippen LogP contribution in [-0.2, 0) is 9.53 Å². The number of hydrogen-bond acceptors (Lipinski definition) is 4. The van der Waals surface area contributed by atoms with E-state index in [0.717, 1.165) is 39.1 Å². The van der Waals surface area contributed by atoms with Crippen LogP contribution in [0.25, 0.3) is 0 Å². The van der Waals surface area contributed by atoms with Crippen molar-refractivity contribution in [1.29, 1.82) is 0 Å². The molecule has 0 saturated carbocycles. The summed E-state index contributed by atoms with van der Waals surface area (Å²) >= 11 is 0. The van der Waals surface area contributed by atoms with Crippen molar-refractivity contribution in [3.05, 3.63) is 0 Å². The molecule has 100 valence electrons. The minimum absolute atomic E-state index is 0.174. The molecule has 17 heavy (non-hydrogen) atoms. The summed E-state index contributed by atoms with van der Waals surface area (Å²) in [6.07, 6.45) is 2.09. The van der Waals surface area contributed by atoms with Crippen LogP contribution in [0.1, 0.15) is 19.8 Å². The largest absolute Gasteiger partial charge is 0.377 e. The van der Waals surface area contributed by atoms with Crippen LogP contribution in [0.5, 0.6) is 0 Å². The average Bonchev–Trinajstić information content (AvgIpc) is 2.50. The highest BCUT2D eigenvalue weighted by atomic mass is 16.5. The second-order valence-corrected chi connectivity index (χ2v) is 4.73. The molecule has 1 heterocycles. The molecule has 1 aliphatic rings. The van der Waals surface area contributed by atoms with Crippen LogP contribution in [0, 0.1) is 0 Å². The maximum Gasteiger partial charge on any atom is 0.236 e. The van der Waals surface area contributed by atoms with Crippen molar-refractivity contribution >= 4 is 5.91 Å². The van der Waals surface area contributed by atoms with Gasteiger partial charge in [-0.05, 0) is 26.3 Å². The van der Waals surface area contributed by atoms with E-state index < -0.39 is 0 Å². The fourth-order valence-electron chi connectivity index (χ4n) is 1.99. The molecule has 0 aliphatic carbocycles. The van der Waals surface area contributed by atoms with Gasteiger partial charge in [-0.3, -0.25) is 9.69 Å². The lowest BCUT2D eigenvalue weighted by Crippen LogP contribution is -2.41. The highest BCUT2D eigenvalue weighted by Gasteiger charge is 2.18. The van der Waals surface area contributed by atoms with Crippen molar-refractivity contribution in [1.82, 2.24) is 9.80 Å². The monoisotopic (exact) mass is 243 g/mol. The second-order valence-electron chi connectivity index (χ2n) is 4.73. The van der Waals surface area contributed by atoms with Crippen LogP contribution in [0.4, 0.5) is 0 Å². The van der Waals surface area contributed by atoms with Gasteiger partial charge in [-0.15, -0.1) is 0 Å². The van der Waals surface area contributed by atoms with Gasteiger partial charge < -0.3 is 15.4 Å². The molecule has 0 aromatic heterocycles. The molecule has 0 radical (unpaired) electrons. The smallest absolute Gasteiger partial charge is 0.236 e. The third-order valence-electron chi connectivity index (χ3n) is 3.02. The van der Waals surface area contributed by atoms with E-state index in [1.165, 1.54) is 0 Å². The van der Waals surface area contributed by atoms with Crippen molar-refractivity contribution in [2.24, 2.45) is 5.73 Å². The van der Waals surface area contributed by atoms with Crippen molar-refractivity contribution in [2.75, 3.05) is 46.4 Å². The third kappa shape index (κ3) is 5.48. The van der Waals surface area contributed by atoms with Crippen molar-refractivity contribution in [3.63, 3.8) is 0 Å². The molecule has 1 unspecified atom stereocenters. The molecular weight excluding hydrogens is 218 g/mol. The van der Waals surface area contributed by atoms with E-state index in [4.69, 9.17) is 10.5 Å². The lowest BCUT2D eigenvalue weighted by Gasteiger charge is -2.24. The number of hydrogen-bond donors (Lipinski definition) is 1. The van der Waals surface area contributed by atoms with Gasteiger partial charge in [-0.2, -0.15) is 0 Å². The summed E-state index contributed by atoms with van der Waals surface area (Å²) in [6.45, 7) is 6.52. The summed E-state index contributed by atoms with van der Waals surface area (Å²) in [5.41, 5.74) is 5.44. The van der Waals surface area contributed by atoms with E-state index in [9.17, 15) is 4.79 Å². The summed E-state index contributed by atoms with van der Waals surface area (Å²) in [4.78, 5) is 15.9. The molecule has 0 aromatic rings. The number of carbonyl (C=O) groups excluding carboxylic acids is 1. The first kappa shape index (κ1) is 14.4. The molecule has 0 bridgehead atoms. The molecule has 1 rings (SSSR count). The maximum absolute atomic E-state index is 11.9. The third-order valence-corrected chi connectivity index (χ3v) is 3.02. The average molecular weight is 243 g/mol. The molecule has 1 fully saturated rings. The van der Waals surface area contributed by atoms with Crippen LogP contribution < -0.4 is 5.73 Å². The van der Waals surface area contributed by atoms with Gasteiger partial charge in [0.05, 0.1) is 12.6 Å². The van der Waals surface area contributed by atoms with Gasteiger partial charge in [0.2, 0.25) is 5.91 Å². The zero-order valence-corrected chi connectivity index (χ0v) is 11.0. The second kappa shape index (κ2) is 7.63. The van der Waals surface area contributed by atoms with Gasteiger partial charge in [0, 0.05) is 33.3 Å². The fraction of sp³-hybridized carbons (Fsp3) is 0.917. The van der Waals surface area contributed by atoms with Crippen molar-refractivity contribution in [2.45, 2.75) is 25.9 Å². The van der Waals surface area contributed by atoms with Crippen LogP contribution in [0.15, 0.2) is 0 Å². The molecule has 1 saturated heterocycles. The van der Waals surface area contributed by atoms with E-state index in [1.807, 2.05) is 7.05 Å². The topological polar surface area (TPSA) is 58.8 Å². The Morgan fingerprint density at radius 3 is 3.06 bits per heavy atom. The highest BCUT2D eigenvalue weighted by Crippen LogP contribution is 2.05. The Kier molecular flexibility index (Phi) is 6.47. The Hall–Kier alpha value is -0.650. The molecular formula is C12H25N3O2. The number of carbonyl (C=O) groups is 1. The molecule has 5 heteroatoms. The minimum atomic E-state index is 0.174. The predicted octanol–water partition coefficient (Wildman–Crippen LogP) is -0.0956. The molecule has 1 amide bonds. The highest BCUT2D eigenvalue weighted by molar-refractivity contribution is 5.77. The van der Waals surface area contributed by atoms with Gasteiger partial charge in [0.25, 0.3) is 0 Å². The first-order valence-electron chi connectivity index (χ1n) is 6.41. The van der Waals surface area contributed by atoms with Gasteiger partial charge in [-0.1, -0.05) is 0 Å². The van der Waals surface area contributed by atoms with Crippen LogP contribution in [-0.4, -0.2) is 68.2 Å². The van der Waals surface area contributed by atoms with Gasteiger partial charge in [-0.25, -0.2) is 0 Å². The van der Waals surface area contributed by atoms with E-state index >= 15 is 0 Å². The summed E-state index contributed by atoms with van der Waals surface area (Å²) in [6, 6.07) is 0. The number of rotatable bonds is 5. The Bertz CT molecular complexity index is 236. The van der Waals surface area contributed by atoms with Crippen LogP contribution in [0.3, 0.4) is 0 Å². The zero-order chi connectivity index (χ0) is 12.7.